The van der Waals surface area contributed by atoms with Gasteiger partial charge in [0, 0.05) is 6.42 Å². The molecule has 0 saturated carbocycles. The maximum atomic E-state index is 10.5. The van der Waals surface area contributed by atoms with Crippen molar-refractivity contribution in [2.24, 2.45) is 0 Å². The Hall–Kier alpha value is -1.64. The molecule has 0 heterocycles. The van der Waals surface area contributed by atoms with Crippen LogP contribution in [0.25, 0.3) is 0 Å². The van der Waals surface area contributed by atoms with Crippen LogP contribution in [0.15, 0.2) is 60.7 Å². The molecule has 2 nitrogen and oxygen atoms in total. The third-order valence-corrected chi connectivity index (χ3v) is 3.17. The second kappa shape index (κ2) is 5.34. The molecule has 2 N–H and O–H groups in total. The summed E-state index contributed by atoms with van der Waals surface area (Å²) in [6.07, 6.45) is -0.387. The standard InChI is InChI=1S/C16H18O2/c1-16(18,14-10-6-3-7-11-14)12-15(17)13-8-4-2-5-9-13/h2-11,15,17-18H,12H2,1H3. The summed E-state index contributed by atoms with van der Waals surface area (Å²) in [5.74, 6) is 0. The summed E-state index contributed by atoms with van der Waals surface area (Å²) in [5, 5.41) is 20.6. The van der Waals surface area contributed by atoms with Crippen LogP contribution in [0.2, 0.25) is 0 Å². The van der Waals surface area contributed by atoms with E-state index < -0.39 is 11.7 Å². The zero-order valence-electron chi connectivity index (χ0n) is 10.5. The molecule has 0 saturated heterocycles. The summed E-state index contributed by atoms with van der Waals surface area (Å²) in [7, 11) is 0. The van der Waals surface area contributed by atoms with Crippen LogP contribution >= 0.6 is 0 Å². The Balaban J connectivity index is 2.14. The Bertz CT molecular complexity index is 477. The second-order valence-corrected chi connectivity index (χ2v) is 4.77. The molecule has 2 atom stereocenters. The third kappa shape index (κ3) is 2.97. The lowest BCUT2D eigenvalue weighted by atomic mass is 9.88. The first-order chi connectivity index (χ1) is 8.59. The minimum absolute atomic E-state index is 0.279. The molecule has 0 aliphatic carbocycles. The van der Waals surface area contributed by atoms with Gasteiger partial charge in [0.1, 0.15) is 0 Å². The van der Waals surface area contributed by atoms with E-state index in [0.29, 0.717) is 0 Å². The van der Waals surface area contributed by atoms with Crippen LogP contribution < -0.4 is 0 Å². The van der Waals surface area contributed by atoms with Gasteiger partial charge in [0.15, 0.2) is 0 Å². The van der Waals surface area contributed by atoms with Crippen LogP contribution in [-0.4, -0.2) is 10.2 Å². The smallest absolute Gasteiger partial charge is 0.0896 e. The van der Waals surface area contributed by atoms with Crippen molar-refractivity contribution in [2.45, 2.75) is 25.0 Å². The predicted molar refractivity (Wildman–Crippen MR) is 72.0 cm³/mol. The molecule has 2 heteroatoms. The maximum absolute atomic E-state index is 10.5. The first-order valence-corrected chi connectivity index (χ1v) is 6.10. The minimum Gasteiger partial charge on any atom is -0.388 e. The number of rotatable bonds is 4. The first kappa shape index (κ1) is 12.8. The van der Waals surface area contributed by atoms with E-state index in [1.165, 1.54) is 0 Å². The highest BCUT2D eigenvalue weighted by molar-refractivity contribution is 5.23. The molecule has 0 fully saturated rings. The lowest BCUT2D eigenvalue weighted by Crippen LogP contribution is -2.24. The van der Waals surface area contributed by atoms with E-state index in [-0.39, 0.29) is 6.42 Å². The van der Waals surface area contributed by atoms with E-state index in [1.807, 2.05) is 60.7 Å². The number of aliphatic hydroxyl groups excluding tert-OH is 1. The van der Waals surface area contributed by atoms with Crippen LogP contribution in [0.5, 0.6) is 0 Å². The van der Waals surface area contributed by atoms with Gasteiger partial charge in [-0.25, -0.2) is 0 Å². The Labute approximate surface area is 108 Å². The Morgan fingerprint density at radius 3 is 2.00 bits per heavy atom. The van der Waals surface area contributed by atoms with E-state index in [0.717, 1.165) is 11.1 Å². The molecule has 0 bridgehead atoms. The molecule has 0 spiro atoms. The van der Waals surface area contributed by atoms with Crippen molar-refractivity contribution in [3.63, 3.8) is 0 Å². The van der Waals surface area contributed by atoms with Crippen LogP contribution in [0.4, 0.5) is 0 Å². The summed E-state index contributed by atoms with van der Waals surface area (Å²) in [6, 6.07) is 18.8. The lowest BCUT2D eigenvalue weighted by molar-refractivity contribution is -0.000760. The fourth-order valence-corrected chi connectivity index (χ4v) is 2.08. The molecule has 0 amide bonds. The van der Waals surface area contributed by atoms with Crippen molar-refractivity contribution >= 4 is 0 Å². The molecule has 0 radical (unpaired) electrons. The van der Waals surface area contributed by atoms with Crippen molar-refractivity contribution in [3.05, 3.63) is 71.8 Å². The van der Waals surface area contributed by atoms with Crippen molar-refractivity contribution in [2.75, 3.05) is 0 Å². The molecule has 94 valence electrons. The van der Waals surface area contributed by atoms with Crippen molar-refractivity contribution < 1.29 is 10.2 Å². The van der Waals surface area contributed by atoms with Crippen LogP contribution in [-0.2, 0) is 5.60 Å². The molecule has 2 aromatic carbocycles. The largest absolute Gasteiger partial charge is 0.388 e. The fourth-order valence-electron chi connectivity index (χ4n) is 2.08. The summed E-state index contributed by atoms with van der Waals surface area (Å²) >= 11 is 0. The van der Waals surface area contributed by atoms with Gasteiger partial charge < -0.3 is 10.2 Å². The Kier molecular flexibility index (Phi) is 3.80. The van der Waals surface area contributed by atoms with E-state index in [2.05, 4.69) is 0 Å². The highest BCUT2D eigenvalue weighted by Crippen LogP contribution is 2.31. The quantitative estimate of drug-likeness (QED) is 0.865. The van der Waals surface area contributed by atoms with Gasteiger partial charge in [0.05, 0.1) is 11.7 Å². The normalized spacial score (nSPS) is 15.9. The van der Waals surface area contributed by atoms with Crippen molar-refractivity contribution in [1.82, 2.24) is 0 Å². The molecule has 2 rings (SSSR count). The number of hydrogen-bond donors (Lipinski definition) is 2. The minimum atomic E-state index is -1.03. The van der Waals surface area contributed by atoms with Gasteiger partial charge in [-0.15, -0.1) is 0 Å². The summed E-state index contributed by atoms with van der Waals surface area (Å²) in [6.45, 7) is 1.73. The summed E-state index contributed by atoms with van der Waals surface area (Å²) in [4.78, 5) is 0. The number of aliphatic hydroxyl groups is 2. The average molecular weight is 242 g/mol. The monoisotopic (exact) mass is 242 g/mol. The Morgan fingerprint density at radius 2 is 1.44 bits per heavy atom. The van der Waals surface area contributed by atoms with Crippen molar-refractivity contribution in [1.29, 1.82) is 0 Å². The molecule has 0 aromatic heterocycles. The van der Waals surface area contributed by atoms with Gasteiger partial charge in [0.2, 0.25) is 0 Å². The highest BCUT2D eigenvalue weighted by Gasteiger charge is 2.26. The summed E-state index contributed by atoms with van der Waals surface area (Å²) in [5.41, 5.74) is 0.616. The van der Waals surface area contributed by atoms with E-state index in [4.69, 9.17) is 0 Å². The molecule has 0 aliphatic heterocycles. The fraction of sp³-hybridized carbons (Fsp3) is 0.250. The molecular formula is C16H18O2. The van der Waals surface area contributed by atoms with E-state index in [9.17, 15) is 10.2 Å². The van der Waals surface area contributed by atoms with Gasteiger partial charge in [-0.05, 0) is 18.1 Å². The molecule has 2 unspecified atom stereocenters. The molecule has 18 heavy (non-hydrogen) atoms. The van der Waals surface area contributed by atoms with Crippen molar-refractivity contribution in [3.8, 4) is 0 Å². The average Bonchev–Trinajstić information content (AvgIpc) is 2.40. The molecule has 2 aromatic rings. The first-order valence-electron chi connectivity index (χ1n) is 6.10. The van der Waals surface area contributed by atoms with Crippen LogP contribution in [0, 0.1) is 0 Å². The van der Waals surface area contributed by atoms with Gasteiger partial charge in [-0.1, -0.05) is 60.7 Å². The zero-order valence-corrected chi connectivity index (χ0v) is 10.5. The predicted octanol–water partition coefficient (Wildman–Crippen LogP) is 3.02. The Morgan fingerprint density at radius 1 is 0.944 bits per heavy atom. The summed E-state index contributed by atoms with van der Waals surface area (Å²) < 4.78 is 0. The topological polar surface area (TPSA) is 40.5 Å². The third-order valence-electron chi connectivity index (χ3n) is 3.17. The van der Waals surface area contributed by atoms with Gasteiger partial charge in [-0.3, -0.25) is 0 Å². The number of benzene rings is 2. The SMILES string of the molecule is CC(O)(CC(O)c1ccccc1)c1ccccc1. The van der Waals surface area contributed by atoms with Gasteiger partial charge in [-0.2, -0.15) is 0 Å². The molecule has 0 aliphatic rings. The van der Waals surface area contributed by atoms with Gasteiger partial charge in [0.25, 0.3) is 0 Å². The van der Waals surface area contributed by atoms with E-state index in [1.54, 1.807) is 6.92 Å². The van der Waals surface area contributed by atoms with Crippen LogP contribution in [0.1, 0.15) is 30.6 Å². The maximum Gasteiger partial charge on any atom is 0.0896 e. The zero-order chi connectivity index (χ0) is 13.0. The van der Waals surface area contributed by atoms with Crippen LogP contribution in [0.3, 0.4) is 0 Å². The highest BCUT2D eigenvalue weighted by atomic mass is 16.3. The molecular weight excluding hydrogens is 224 g/mol. The van der Waals surface area contributed by atoms with E-state index >= 15 is 0 Å². The second-order valence-electron chi connectivity index (χ2n) is 4.77. The lowest BCUT2D eigenvalue weighted by Gasteiger charge is -2.26. The number of hydrogen-bond acceptors (Lipinski definition) is 2. The van der Waals surface area contributed by atoms with Gasteiger partial charge >= 0.3 is 0 Å².